The Hall–Kier alpha value is -0.520. The van der Waals surface area contributed by atoms with Gasteiger partial charge in [0, 0.05) is 17.5 Å². The molecule has 1 N–H and O–H groups in total. The summed E-state index contributed by atoms with van der Waals surface area (Å²) < 4.78 is 3.19. The first-order chi connectivity index (χ1) is 8.13. The summed E-state index contributed by atoms with van der Waals surface area (Å²) in [5.41, 5.74) is 1.82. The molecule has 90 valence electrons. The van der Waals surface area contributed by atoms with Crippen LogP contribution < -0.4 is 0 Å². The fourth-order valence-corrected chi connectivity index (χ4v) is 3.21. The van der Waals surface area contributed by atoms with E-state index < -0.39 is 0 Å². The van der Waals surface area contributed by atoms with Gasteiger partial charge in [-0.15, -0.1) is 0 Å². The van der Waals surface area contributed by atoms with E-state index in [0.717, 1.165) is 22.5 Å². The fourth-order valence-electron chi connectivity index (χ4n) is 2.02. The quantitative estimate of drug-likeness (QED) is 0.874. The van der Waals surface area contributed by atoms with Gasteiger partial charge >= 0.3 is 0 Å². The first-order valence-corrected chi connectivity index (χ1v) is 7.44. The van der Waals surface area contributed by atoms with E-state index in [1.807, 2.05) is 17.8 Å². The Kier molecular flexibility index (Phi) is 2.72. The Balaban J connectivity index is 2.09. The standard InChI is InChI=1S/C11H12ClN3S2/c1-17-11(2-3-11)6-15-9-8(14-10(15)16)4-7(12)5-13-9/h4-5H,2-3,6H2,1H3,(H,14,16). The Morgan fingerprint density at radius 1 is 1.65 bits per heavy atom. The number of H-pyrrole nitrogens is 1. The molecule has 2 heterocycles. The van der Waals surface area contributed by atoms with Crippen LogP contribution in [-0.2, 0) is 6.54 Å². The van der Waals surface area contributed by atoms with E-state index in [2.05, 4.69) is 20.8 Å². The molecule has 0 amide bonds. The largest absolute Gasteiger partial charge is 0.329 e. The van der Waals surface area contributed by atoms with Crippen LogP contribution in [0.25, 0.3) is 11.2 Å². The third-order valence-corrected chi connectivity index (χ3v) is 5.20. The smallest absolute Gasteiger partial charge is 0.179 e. The van der Waals surface area contributed by atoms with Crippen molar-refractivity contribution in [1.29, 1.82) is 0 Å². The molecule has 0 spiro atoms. The predicted molar refractivity (Wildman–Crippen MR) is 75.4 cm³/mol. The number of fused-ring (bicyclic) bond motifs is 1. The maximum Gasteiger partial charge on any atom is 0.179 e. The molecule has 3 nitrogen and oxygen atoms in total. The molecule has 6 heteroatoms. The highest BCUT2D eigenvalue weighted by Crippen LogP contribution is 2.48. The van der Waals surface area contributed by atoms with Gasteiger partial charge in [-0.1, -0.05) is 11.6 Å². The highest BCUT2D eigenvalue weighted by Gasteiger charge is 2.42. The third-order valence-electron chi connectivity index (χ3n) is 3.26. The van der Waals surface area contributed by atoms with E-state index in [-0.39, 0.29) is 0 Å². The maximum absolute atomic E-state index is 5.92. The number of hydrogen-bond acceptors (Lipinski definition) is 3. The number of pyridine rings is 1. The van der Waals surface area contributed by atoms with Gasteiger partial charge in [0.05, 0.1) is 10.5 Å². The summed E-state index contributed by atoms with van der Waals surface area (Å²) in [5, 5.41) is 0.631. The number of aromatic amines is 1. The fraction of sp³-hybridized carbons (Fsp3) is 0.455. The van der Waals surface area contributed by atoms with Gasteiger partial charge in [-0.25, -0.2) is 4.98 Å². The molecule has 0 unspecified atom stereocenters. The number of nitrogens with one attached hydrogen (secondary N) is 1. The second kappa shape index (κ2) is 4.00. The second-order valence-corrected chi connectivity index (χ2v) is 6.53. The first-order valence-electron chi connectivity index (χ1n) is 5.43. The van der Waals surface area contributed by atoms with Crippen LogP contribution in [0.4, 0.5) is 0 Å². The van der Waals surface area contributed by atoms with Gasteiger partial charge in [-0.3, -0.25) is 0 Å². The lowest BCUT2D eigenvalue weighted by molar-refractivity contribution is 0.665. The first kappa shape index (κ1) is 11.6. The van der Waals surface area contributed by atoms with Gasteiger partial charge in [0.1, 0.15) is 0 Å². The molecule has 1 aliphatic rings. The molecule has 0 radical (unpaired) electrons. The molecule has 3 rings (SSSR count). The van der Waals surface area contributed by atoms with Crippen LogP contribution in [0.2, 0.25) is 5.02 Å². The SMILES string of the molecule is CSC1(Cn2c(=S)[nH]c3cc(Cl)cnc32)CC1. The summed E-state index contributed by atoms with van der Waals surface area (Å²) in [4.78, 5) is 7.54. The Labute approximate surface area is 114 Å². The summed E-state index contributed by atoms with van der Waals surface area (Å²) in [6.07, 6.45) is 6.35. The van der Waals surface area contributed by atoms with Crippen molar-refractivity contribution in [2.45, 2.75) is 24.1 Å². The van der Waals surface area contributed by atoms with E-state index in [1.165, 1.54) is 12.8 Å². The molecule has 1 fully saturated rings. The molecular weight excluding hydrogens is 274 g/mol. The van der Waals surface area contributed by atoms with Crippen molar-refractivity contribution in [3.05, 3.63) is 22.1 Å². The van der Waals surface area contributed by atoms with E-state index in [1.54, 1.807) is 6.20 Å². The molecule has 1 aliphatic carbocycles. The third kappa shape index (κ3) is 2.00. The predicted octanol–water partition coefficient (Wildman–Crippen LogP) is 3.64. The maximum atomic E-state index is 5.92. The molecule has 0 aliphatic heterocycles. The zero-order valence-corrected chi connectivity index (χ0v) is 11.8. The average molecular weight is 286 g/mol. The zero-order valence-electron chi connectivity index (χ0n) is 9.36. The van der Waals surface area contributed by atoms with Crippen LogP contribution in [-0.4, -0.2) is 25.5 Å². The highest BCUT2D eigenvalue weighted by atomic mass is 35.5. The minimum Gasteiger partial charge on any atom is -0.329 e. The van der Waals surface area contributed by atoms with Gasteiger partial charge in [0.25, 0.3) is 0 Å². The van der Waals surface area contributed by atoms with Crippen molar-refractivity contribution in [3.63, 3.8) is 0 Å². The summed E-state index contributed by atoms with van der Waals surface area (Å²) in [6, 6.07) is 1.87. The van der Waals surface area contributed by atoms with Crippen LogP contribution in [0.5, 0.6) is 0 Å². The van der Waals surface area contributed by atoms with Crippen LogP contribution in [0.15, 0.2) is 12.3 Å². The second-order valence-electron chi connectivity index (χ2n) is 4.43. The van der Waals surface area contributed by atoms with Crippen molar-refractivity contribution in [2.75, 3.05) is 6.26 Å². The number of nitrogens with zero attached hydrogens (tertiary/aromatic N) is 2. The summed E-state index contributed by atoms with van der Waals surface area (Å²) in [7, 11) is 0. The minimum absolute atomic E-state index is 0.370. The highest BCUT2D eigenvalue weighted by molar-refractivity contribution is 8.00. The Morgan fingerprint density at radius 3 is 3.06 bits per heavy atom. The lowest BCUT2D eigenvalue weighted by atomic mass is 10.4. The van der Waals surface area contributed by atoms with Crippen LogP contribution in [0.3, 0.4) is 0 Å². The average Bonchev–Trinajstić information content (AvgIpc) is 3.01. The van der Waals surface area contributed by atoms with Gasteiger partial charge in [-0.05, 0) is 37.4 Å². The molecule has 0 bridgehead atoms. The Bertz CT molecular complexity index is 627. The van der Waals surface area contributed by atoms with Crippen molar-refractivity contribution >= 4 is 46.7 Å². The van der Waals surface area contributed by atoms with Crippen molar-refractivity contribution in [1.82, 2.24) is 14.5 Å². The molecule has 17 heavy (non-hydrogen) atoms. The van der Waals surface area contributed by atoms with Crippen LogP contribution >= 0.6 is 35.6 Å². The monoisotopic (exact) mass is 285 g/mol. The lowest BCUT2D eigenvalue weighted by Crippen LogP contribution is -2.14. The number of aromatic nitrogens is 3. The number of thioether (sulfide) groups is 1. The number of rotatable bonds is 3. The van der Waals surface area contributed by atoms with E-state index in [4.69, 9.17) is 23.8 Å². The molecule has 0 aromatic carbocycles. The Morgan fingerprint density at radius 2 is 2.41 bits per heavy atom. The molecule has 2 aromatic rings. The molecule has 1 saturated carbocycles. The molecular formula is C11H12ClN3S2. The number of imidazole rings is 1. The van der Waals surface area contributed by atoms with Gasteiger partial charge in [-0.2, -0.15) is 11.8 Å². The summed E-state index contributed by atoms with van der Waals surface area (Å²) in [5.74, 6) is 0. The number of hydrogen-bond donors (Lipinski definition) is 1. The topological polar surface area (TPSA) is 33.6 Å². The van der Waals surface area contributed by atoms with Gasteiger partial charge in [0.2, 0.25) is 0 Å². The molecule has 0 saturated heterocycles. The van der Waals surface area contributed by atoms with Crippen LogP contribution in [0, 0.1) is 4.77 Å². The zero-order chi connectivity index (χ0) is 12.0. The molecule has 0 atom stereocenters. The van der Waals surface area contributed by atoms with Gasteiger partial charge < -0.3 is 9.55 Å². The van der Waals surface area contributed by atoms with E-state index in [9.17, 15) is 0 Å². The van der Waals surface area contributed by atoms with E-state index in [0.29, 0.717) is 9.77 Å². The van der Waals surface area contributed by atoms with Crippen molar-refractivity contribution in [2.24, 2.45) is 0 Å². The van der Waals surface area contributed by atoms with Gasteiger partial charge in [0.15, 0.2) is 10.4 Å². The van der Waals surface area contributed by atoms with E-state index >= 15 is 0 Å². The lowest BCUT2D eigenvalue weighted by Gasteiger charge is -2.12. The van der Waals surface area contributed by atoms with Crippen LogP contribution in [0.1, 0.15) is 12.8 Å². The number of halogens is 1. The summed E-state index contributed by atoms with van der Waals surface area (Å²) >= 11 is 13.2. The minimum atomic E-state index is 0.370. The van der Waals surface area contributed by atoms with Crippen molar-refractivity contribution in [3.8, 4) is 0 Å². The molecule has 2 aromatic heterocycles. The summed E-state index contributed by atoms with van der Waals surface area (Å²) in [6.45, 7) is 0.932. The normalized spacial score (nSPS) is 17.5. The van der Waals surface area contributed by atoms with Crippen molar-refractivity contribution < 1.29 is 0 Å².